The van der Waals surface area contributed by atoms with Gasteiger partial charge >= 0.3 is 0 Å². The van der Waals surface area contributed by atoms with Crippen LogP contribution in [0.3, 0.4) is 0 Å². The molecule has 4 heteroatoms. The van der Waals surface area contributed by atoms with Crippen molar-refractivity contribution in [1.82, 2.24) is 9.97 Å². The fourth-order valence-electron chi connectivity index (χ4n) is 1.97. The third-order valence-electron chi connectivity index (χ3n) is 2.84. The minimum Gasteiger partial charge on any atom is -0.355 e. The van der Waals surface area contributed by atoms with Crippen LogP contribution in [0.15, 0.2) is 47.9 Å². The van der Waals surface area contributed by atoms with Crippen LogP contribution in [0.25, 0.3) is 11.0 Å². The fraction of sp³-hybridized carbons (Fsp3) is 0.0769. The van der Waals surface area contributed by atoms with Crippen molar-refractivity contribution in [1.29, 1.82) is 0 Å². The monoisotopic (exact) mass is 225 g/mol. The number of hydrogen-bond acceptors (Lipinski definition) is 3. The molecular weight excluding hydrogens is 214 g/mol. The van der Waals surface area contributed by atoms with Gasteiger partial charge in [-0.05, 0) is 24.6 Å². The van der Waals surface area contributed by atoms with Crippen molar-refractivity contribution in [2.45, 2.75) is 6.42 Å². The molecule has 2 N–H and O–H groups in total. The van der Waals surface area contributed by atoms with Crippen molar-refractivity contribution in [2.24, 2.45) is 0 Å². The van der Waals surface area contributed by atoms with Crippen molar-refractivity contribution in [3.05, 3.63) is 47.9 Å². The molecule has 0 aliphatic heterocycles. The van der Waals surface area contributed by atoms with Gasteiger partial charge in [-0.2, -0.15) is 0 Å². The molecule has 84 valence electrons. The van der Waals surface area contributed by atoms with Crippen LogP contribution < -0.4 is 5.32 Å². The smallest absolute Gasteiger partial charge is 0.148 e. The Morgan fingerprint density at radius 2 is 2.35 bits per heavy atom. The van der Waals surface area contributed by atoms with Crippen molar-refractivity contribution in [3.8, 4) is 0 Å². The van der Waals surface area contributed by atoms with E-state index >= 15 is 0 Å². The first kappa shape index (κ1) is 9.84. The fourth-order valence-corrected chi connectivity index (χ4v) is 1.97. The zero-order valence-corrected chi connectivity index (χ0v) is 9.10. The molecule has 0 saturated carbocycles. The number of rotatable bonds is 3. The first-order valence-corrected chi connectivity index (χ1v) is 5.42. The summed E-state index contributed by atoms with van der Waals surface area (Å²) >= 11 is 0. The normalized spacial score (nSPS) is 14.6. The highest BCUT2D eigenvalue weighted by Gasteiger charge is 2.10. The van der Waals surface area contributed by atoms with E-state index in [0.29, 0.717) is 6.42 Å². The number of aldehydes is 1. The summed E-state index contributed by atoms with van der Waals surface area (Å²) in [4.78, 5) is 18.1. The van der Waals surface area contributed by atoms with E-state index in [1.807, 2.05) is 30.5 Å². The minimum atomic E-state index is 0.702. The third-order valence-corrected chi connectivity index (χ3v) is 2.84. The summed E-state index contributed by atoms with van der Waals surface area (Å²) in [6.07, 6.45) is 9.10. The Bertz CT molecular complexity index is 637. The molecule has 0 bridgehead atoms. The highest BCUT2D eigenvalue weighted by Crippen LogP contribution is 2.25. The number of aromatic amines is 1. The number of hydrogen-bond donors (Lipinski definition) is 2. The maximum Gasteiger partial charge on any atom is 0.148 e. The van der Waals surface area contributed by atoms with E-state index < -0.39 is 0 Å². The van der Waals surface area contributed by atoms with E-state index in [1.54, 1.807) is 6.20 Å². The Labute approximate surface area is 98.1 Å². The number of pyridine rings is 1. The molecule has 0 spiro atoms. The average molecular weight is 225 g/mol. The van der Waals surface area contributed by atoms with Gasteiger partial charge in [-0.3, -0.25) is 4.79 Å². The van der Waals surface area contributed by atoms with Crippen LogP contribution >= 0.6 is 0 Å². The average Bonchev–Trinajstić information content (AvgIpc) is 2.97. The van der Waals surface area contributed by atoms with Gasteiger partial charge in [0.1, 0.15) is 11.9 Å². The van der Waals surface area contributed by atoms with Gasteiger partial charge in [-0.25, -0.2) is 4.98 Å². The number of aromatic nitrogens is 2. The number of carbonyl (C=O) groups is 1. The number of allylic oxidation sites excluding steroid dienone is 3. The molecule has 0 atom stereocenters. The van der Waals surface area contributed by atoms with Crippen molar-refractivity contribution < 1.29 is 4.79 Å². The molecular formula is C13H11N3O. The lowest BCUT2D eigenvalue weighted by Gasteiger charge is -2.08. The maximum absolute atomic E-state index is 10.9. The van der Waals surface area contributed by atoms with E-state index in [-0.39, 0.29) is 0 Å². The SMILES string of the molecule is O=CC1=C(Nc2ccnc3[nH]ccc23)C=CC1. The van der Waals surface area contributed by atoms with Crippen molar-refractivity contribution in [3.63, 3.8) is 0 Å². The Morgan fingerprint density at radius 1 is 1.41 bits per heavy atom. The zero-order valence-electron chi connectivity index (χ0n) is 9.10. The molecule has 0 amide bonds. The number of nitrogens with zero attached hydrogens (tertiary/aromatic N) is 1. The lowest BCUT2D eigenvalue weighted by Crippen LogP contribution is -2.00. The number of nitrogens with one attached hydrogen (secondary N) is 2. The molecule has 4 nitrogen and oxygen atoms in total. The van der Waals surface area contributed by atoms with Gasteiger partial charge in [-0.1, -0.05) is 6.08 Å². The molecule has 17 heavy (non-hydrogen) atoms. The summed E-state index contributed by atoms with van der Waals surface area (Å²) in [6, 6.07) is 3.86. The first-order valence-electron chi connectivity index (χ1n) is 5.42. The van der Waals surface area contributed by atoms with Crippen LogP contribution in [-0.2, 0) is 4.79 Å². The predicted octanol–water partition coefficient (Wildman–Crippen LogP) is 2.39. The lowest BCUT2D eigenvalue weighted by atomic mass is 10.2. The quantitative estimate of drug-likeness (QED) is 0.788. The Kier molecular flexibility index (Phi) is 2.26. The highest BCUT2D eigenvalue weighted by atomic mass is 16.1. The molecule has 1 aliphatic carbocycles. The third kappa shape index (κ3) is 1.63. The van der Waals surface area contributed by atoms with Gasteiger partial charge < -0.3 is 10.3 Å². The molecule has 0 unspecified atom stereocenters. The van der Waals surface area contributed by atoms with Crippen LogP contribution in [-0.4, -0.2) is 16.3 Å². The van der Waals surface area contributed by atoms with Gasteiger partial charge in [0, 0.05) is 29.1 Å². The summed E-state index contributed by atoms with van der Waals surface area (Å²) in [5, 5.41) is 4.29. The van der Waals surface area contributed by atoms with Crippen LogP contribution in [0.4, 0.5) is 5.69 Å². The van der Waals surface area contributed by atoms with Crippen LogP contribution in [0, 0.1) is 0 Å². The Balaban J connectivity index is 2.03. The van der Waals surface area contributed by atoms with E-state index in [2.05, 4.69) is 15.3 Å². The summed E-state index contributed by atoms with van der Waals surface area (Å²) in [7, 11) is 0. The molecule has 2 heterocycles. The number of carbonyl (C=O) groups excluding carboxylic acids is 1. The predicted molar refractivity (Wildman–Crippen MR) is 66.6 cm³/mol. The zero-order chi connectivity index (χ0) is 11.7. The molecule has 3 rings (SSSR count). The molecule has 2 aromatic heterocycles. The Hall–Kier alpha value is -2.36. The number of fused-ring (bicyclic) bond motifs is 1. The van der Waals surface area contributed by atoms with Gasteiger partial charge in [0.25, 0.3) is 0 Å². The second kappa shape index (κ2) is 3.90. The summed E-state index contributed by atoms with van der Waals surface area (Å²) in [5.41, 5.74) is 3.45. The summed E-state index contributed by atoms with van der Waals surface area (Å²) in [6.45, 7) is 0. The van der Waals surface area contributed by atoms with Crippen molar-refractivity contribution >= 4 is 23.0 Å². The molecule has 2 aromatic rings. The van der Waals surface area contributed by atoms with E-state index in [4.69, 9.17) is 0 Å². The summed E-state index contributed by atoms with van der Waals surface area (Å²) < 4.78 is 0. The van der Waals surface area contributed by atoms with Crippen LogP contribution in [0.1, 0.15) is 6.42 Å². The molecule has 0 aromatic carbocycles. The largest absolute Gasteiger partial charge is 0.355 e. The lowest BCUT2D eigenvalue weighted by molar-refractivity contribution is -0.105. The standard InChI is InChI=1S/C13H11N3O/c17-8-9-2-1-3-11(9)16-12-5-7-15-13-10(12)4-6-14-13/h1,3-8H,2H2,(H2,14,15,16). The topological polar surface area (TPSA) is 57.8 Å². The van der Waals surface area contributed by atoms with Crippen molar-refractivity contribution in [2.75, 3.05) is 5.32 Å². The number of H-pyrrole nitrogens is 1. The van der Waals surface area contributed by atoms with E-state index in [9.17, 15) is 4.79 Å². The molecule has 0 radical (unpaired) electrons. The van der Waals surface area contributed by atoms with Gasteiger partial charge in [0.15, 0.2) is 0 Å². The van der Waals surface area contributed by atoms with E-state index in [1.165, 1.54) is 0 Å². The minimum absolute atomic E-state index is 0.702. The second-order valence-corrected chi connectivity index (χ2v) is 3.89. The van der Waals surface area contributed by atoms with Gasteiger partial charge in [0.2, 0.25) is 0 Å². The Morgan fingerprint density at radius 3 is 3.24 bits per heavy atom. The molecule has 1 aliphatic rings. The molecule has 0 fully saturated rings. The summed E-state index contributed by atoms with van der Waals surface area (Å²) in [5.74, 6) is 0. The van der Waals surface area contributed by atoms with Gasteiger partial charge in [0.05, 0.1) is 5.69 Å². The van der Waals surface area contributed by atoms with Crippen LogP contribution in [0.2, 0.25) is 0 Å². The maximum atomic E-state index is 10.9. The second-order valence-electron chi connectivity index (χ2n) is 3.89. The first-order chi connectivity index (χ1) is 8.38. The molecule has 0 saturated heterocycles. The van der Waals surface area contributed by atoms with Gasteiger partial charge in [-0.15, -0.1) is 0 Å². The number of anilines is 1. The van der Waals surface area contributed by atoms with Crippen LogP contribution in [0.5, 0.6) is 0 Å². The highest BCUT2D eigenvalue weighted by molar-refractivity contribution is 5.91. The van der Waals surface area contributed by atoms with E-state index in [0.717, 1.165) is 34.3 Å².